The number of anilines is 1. The van der Waals surface area contributed by atoms with Crippen LogP contribution in [0, 0.1) is 35.8 Å². The molecule has 1 aliphatic heterocycles. The number of hydrogen-bond donors (Lipinski definition) is 2. The lowest BCUT2D eigenvalue weighted by Gasteiger charge is -2.51. The van der Waals surface area contributed by atoms with Gasteiger partial charge in [0.05, 0.1) is 12.4 Å². The molecule has 0 aliphatic carbocycles. The molecule has 228 valence electrons. The van der Waals surface area contributed by atoms with Crippen molar-refractivity contribution in [2.45, 2.75) is 56.7 Å². The summed E-state index contributed by atoms with van der Waals surface area (Å²) in [4.78, 5) is 25.1. The maximum atomic E-state index is 15.9. The second-order valence-corrected chi connectivity index (χ2v) is 13.2. The smallest absolute Gasteiger partial charge is 0.274 e. The number of carbonyl (C=O) groups is 1. The predicted octanol–water partition coefficient (Wildman–Crippen LogP) is 4.46. The number of sulfonamides is 1. The first kappa shape index (κ1) is 31.6. The summed E-state index contributed by atoms with van der Waals surface area (Å²) in [6, 6.07) is 5.91. The lowest BCUT2D eigenvalue weighted by Crippen LogP contribution is -2.66. The molecule has 4 atom stereocenters. The number of nitrogens with two attached hydrogens (primary N) is 1. The first-order chi connectivity index (χ1) is 20.3. The Morgan fingerprint density at radius 3 is 2.56 bits per heavy atom. The molecule has 3 N–H and O–H groups in total. The number of halogens is 2. The molecule has 1 amide bonds. The van der Waals surface area contributed by atoms with Crippen molar-refractivity contribution in [2.75, 3.05) is 12.4 Å². The second-order valence-electron chi connectivity index (χ2n) is 10.9. The van der Waals surface area contributed by atoms with E-state index < -0.39 is 43.8 Å². The number of terminal acetylenes is 1. The van der Waals surface area contributed by atoms with Crippen molar-refractivity contribution in [1.29, 1.82) is 0 Å². The largest absolute Gasteiger partial charge is 0.449 e. The summed E-state index contributed by atoms with van der Waals surface area (Å²) in [5, 5.41) is 2.59. The van der Waals surface area contributed by atoms with Crippen LogP contribution in [0.5, 0.6) is 0 Å². The van der Waals surface area contributed by atoms with Crippen LogP contribution in [-0.4, -0.2) is 46.4 Å². The number of aromatic nitrogens is 2. The SMILES string of the molecule is C#CC1(c2cc(NC(=O)c3ccc(F)cn3)ccc2F)N=C(N)N(C)S(=O)(=O)C1(CCC)CC(C)C(C)Cc1cnco1. The number of guanidine groups is 1. The third-order valence-electron chi connectivity index (χ3n) is 8.19. The minimum absolute atomic E-state index is 0.0132. The molecule has 1 aliphatic rings. The van der Waals surface area contributed by atoms with Gasteiger partial charge in [-0.3, -0.25) is 4.79 Å². The highest BCUT2D eigenvalue weighted by atomic mass is 32.2. The molecule has 2 aromatic heterocycles. The van der Waals surface area contributed by atoms with Gasteiger partial charge < -0.3 is 15.5 Å². The summed E-state index contributed by atoms with van der Waals surface area (Å²) in [5.74, 6) is 0.320. The van der Waals surface area contributed by atoms with Crippen LogP contribution in [0.1, 0.15) is 61.8 Å². The van der Waals surface area contributed by atoms with Gasteiger partial charge in [0.25, 0.3) is 5.91 Å². The molecule has 10 nitrogen and oxygen atoms in total. The van der Waals surface area contributed by atoms with Gasteiger partial charge in [-0.25, -0.2) is 36.5 Å². The number of nitrogens with zero attached hydrogens (tertiary/aromatic N) is 4. The Hall–Kier alpha value is -4.31. The maximum absolute atomic E-state index is 15.9. The van der Waals surface area contributed by atoms with Crippen LogP contribution in [0.4, 0.5) is 14.5 Å². The van der Waals surface area contributed by atoms with E-state index in [4.69, 9.17) is 16.6 Å². The molecule has 0 spiro atoms. The molecule has 13 heteroatoms. The summed E-state index contributed by atoms with van der Waals surface area (Å²) in [6.07, 6.45) is 10.9. The number of oxazole rings is 1. The van der Waals surface area contributed by atoms with E-state index >= 15 is 4.39 Å². The number of nitrogens with one attached hydrogen (secondary N) is 1. The molecule has 3 aromatic rings. The van der Waals surface area contributed by atoms with Crippen molar-refractivity contribution >= 4 is 27.6 Å². The van der Waals surface area contributed by atoms with Crippen molar-refractivity contribution in [3.63, 3.8) is 0 Å². The van der Waals surface area contributed by atoms with E-state index in [1.807, 2.05) is 20.8 Å². The maximum Gasteiger partial charge on any atom is 0.274 e. The fourth-order valence-electron chi connectivity index (χ4n) is 5.70. The molecule has 43 heavy (non-hydrogen) atoms. The van der Waals surface area contributed by atoms with Crippen molar-refractivity contribution in [2.24, 2.45) is 22.6 Å². The third-order valence-corrected chi connectivity index (χ3v) is 10.7. The van der Waals surface area contributed by atoms with Crippen LogP contribution in [0.25, 0.3) is 0 Å². The molecular weight excluding hydrogens is 578 g/mol. The number of pyridine rings is 1. The number of carbonyl (C=O) groups excluding carboxylic acids is 1. The minimum atomic E-state index is -4.33. The summed E-state index contributed by atoms with van der Waals surface area (Å²) < 4.78 is 62.6. The molecule has 4 unspecified atom stereocenters. The fourth-order valence-corrected chi connectivity index (χ4v) is 8.04. The second kappa shape index (κ2) is 12.1. The number of benzene rings is 1. The van der Waals surface area contributed by atoms with Crippen LogP contribution < -0.4 is 11.1 Å². The van der Waals surface area contributed by atoms with Crippen LogP contribution in [0.2, 0.25) is 0 Å². The molecule has 0 fully saturated rings. The first-order valence-corrected chi connectivity index (χ1v) is 15.2. The monoisotopic (exact) mass is 612 g/mol. The van der Waals surface area contributed by atoms with E-state index in [9.17, 15) is 17.6 Å². The topological polar surface area (TPSA) is 144 Å². The fraction of sp³-hybridized carbons (Fsp3) is 0.400. The molecule has 0 saturated carbocycles. The average Bonchev–Trinajstić information content (AvgIpc) is 3.48. The quantitative estimate of drug-likeness (QED) is 0.322. The van der Waals surface area contributed by atoms with Gasteiger partial charge in [0.2, 0.25) is 16.0 Å². The Balaban J connectivity index is 1.87. The van der Waals surface area contributed by atoms with E-state index in [0.717, 1.165) is 22.6 Å². The van der Waals surface area contributed by atoms with Crippen molar-refractivity contribution in [3.05, 3.63) is 77.8 Å². The van der Waals surface area contributed by atoms with E-state index in [-0.39, 0.29) is 41.6 Å². The third kappa shape index (κ3) is 5.59. The molecule has 1 aromatic carbocycles. The lowest BCUT2D eigenvalue weighted by molar-refractivity contribution is 0.102. The molecular formula is C30H34F2N6O4S. The molecule has 0 bridgehead atoms. The highest BCUT2D eigenvalue weighted by Crippen LogP contribution is 2.53. The van der Waals surface area contributed by atoms with Crippen LogP contribution in [0.15, 0.2) is 58.5 Å². The van der Waals surface area contributed by atoms with Gasteiger partial charge in [-0.2, -0.15) is 0 Å². The predicted molar refractivity (Wildman–Crippen MR) is 158 cm³/mol. The van der Waals surface area contributed by atoms with E-state index in [1.54, 1.807) is 6.20 Å². The highest BCUT2D eigenvalue weighted by Gasteiger charge is 2.65. The molecule has 0 saturated heterocycles. The van der Waals surface area contributed by atoms with E-state index in [0.29, 0.717) is 18.6 Å². The Bertz CT molecular complexity index is 1660. The Morgan fingerprint density at radius 1 is 1.21 bits per heavy atom. The normalized spacial score (nSPS) is 22.7. The summed E-state index contributed by atoms with van der Waals surface area (Å²) in [6.45, 7) is 5.67. The first-order valence-electron chi connectivity index (χ1n) is 13.7. The van der Waals surface area contributed by atoms with E-state index in [1.165, 1.54) is 31.6 Å². The van der Waals surface area contributed by atoms with Gasteiger partial charge in [0.1, 0.15) is 27.8 Å². The van der Waals surface area contributed by atoms with Gasteiger partial charge >= 0.3 is 0 Å². The summed E-state index contributed by atoms with van der Waals surface area (Å²) >= 11 is 0. The van der Waals surface area contributed by atoms with Gasteiger partial charge in [-0.05, 0) is 55.0 Å². The van der Waals surface area contributed by atoms with Crippen LogP contribution in [-0.2, 0) is 22.0 Å². The standard InChI is InChI=1S/C30H34F2N6O4S/c1-6-12-29(15-20(4)19(3)13-23-17-34-18-42-23)30(7-2,37-28(33)38(5)43(29,40)41)24-14-22(9-10-25(24)32)36-27(39)26-11-8-21(31)16-35-26/h2,8-11,14,16-20H,6,12-13,15H2,1,3-5H3,(H2,33,37)(H,36,39). The van der Waals surface area contributed by atoms with Crippen LogP contribution >= 0.6 is 0 Å². The molecule has 4 rings (SSSR count). The highest BCUT2D eigenvalue weighted by molar-refractivity contribution is 7.91. The van der Waals surface area contributed by atoms with E-state index in [2.05, 4.69) is 26.2 Å². The van der Waals surface area contributed by atoms with Gasteiger partial charge in [-0.15, -0.1) is 6.42 Å². The minimum Gasteiger partial charge on any atom is -0.449 e. The van der Waals surface area contributed by atoms with Crippen molar-refractivity contribution < 1.29 is 26.4 Å². The molecule has 0 radical (unpaired) electrons. The zero-order valence-electron chi connectivity index (χ0n) is 24.3. The van der Waals surface area contributed by atoms with Gasteiger partial charge in [0.15, 0.2) is 11.9 Å². The van der Waals surface area contributed by atoms with Crippen molar-refractivity contribution in [1.82, 2.24) is 14.3 Å². The van der Waals surface area contributed by atoms with Gasteiger partial charge in [-0.1, -0.05) is 33.1 Å². The number of amides is 1. The Morgan fingerprint density at radius 2 is 1.95 bits per heavy atom. The average molecular weight is 613 g/mol. The summed E-state index contributed by atoms with van der Waals surface area (Å²) in [5.41, 5.74) is 3.83. The van der Waals surface area contributed by atoms with Gasteiger partial charge in [0, 0.05) is 24.7 Å². The Labute approximate surface area is 249 Å². The number of aliphatic imine (C=N–C) groups is 1. The zero-order chi connectivity index (χ0) is 31.6. The molecule has 3 heterocycles. The van der Waals surface area contributed by atoms with Crippen molar-refractivity contribution in [3.8, 4) is 12.3 Å². The number of hydrogen-bond acceptors (Lipinski definition) is 8. The van der Waals surface area contributed by atoms with Crippen LogP contribution in [0.3, 0.4) is 0 Å². The lowest BCUT2D eigenvalue weighted by atomic mass is 9.69. The Kier molecular flexibility index (Phi) is 8.92. The zero-order valence-corrected chi connectivity index (χ0v) is 25.2. The number of rotatable bonds is 10. The summed E-state index contributed by atoms with van der Waals surface area (Å²) in [7, 11) is -3.04.